The average Bonchev–Trinajstić information content (AvgIpc) is 2.48. The molecule has 66 valence electrons. The quantitative estimate of drug-likeness (QED) is 0.317. The molecule has 0 saturated heterocycles. The summed E-state index contributed by atoms with van der Waals surface area (Å²) in [6.45, 7) is 0.000988. The van der Waals surface area contributed by atoms with Crippen LogP contribution in [0.1, 0.15) is 0 Å². The Morgan fingerprint density at radius 1 is 1.92 bits per heavy atom. The molecule has 0 aromatic rings. The van der Waals surface area contributed by atoms with Crippen molar-refractivity contribution >= 4 is 12.3 Å². The lowest BCUT2D eigenvalue weighted by molar-refractivity contribution is -0.628. The Morgan fingerprint density at radius 3 is 3.25 bits per heavy atom. The third-order valence-electron chi connectivity index (χ3n) is 1.20. The SMILES string of the molecule is O=COCC1=NNCN1[N+](=O)[O-]. The maximum absolute atomic E-state index is 10.2. The predicted octanol–water partition coefficient (Wildman–Crippen LogP) is -1.47. The number of hydrazone groups is 1. The minimum absolute atomic E-state index is 0.00937. The number of carbonyl (C=O) groups is 1. The van der Waals surface area contributed by atoms with Gasteiger partial charge in [-0.05, 0) is 0 Å². The van der Waals surface area contributed by atoms with E-state index in [-0.39, 0.29) is 25.6 Å². The van der Waals surface area contributed by atoms with Gasteiger partial charge in [0, 0.05) is 0 Å². The zero-order chi connectivity index (χ0) is 8.97. The molecule has 0 bridgehead atoms. The minimum atomic E-state index is -0.632. The molecule has 0 amide bonds. The van der Waals surface area contributed by atoms with Crippen molar-refractivity contribution in [3.63, 3.8) is 0 Å². The molecule has 0 radical (unpaired) electrons. The number of hydrogen-bond donors (Lipinski definition) is 1. The van der Waals surface area contributed by atoms with Crippen LogP contribution >= 0.6 is 0 Å². The highest BCUT2D eigenvalue weighted by Gasteiger charge is 2.26. The first kappa shape index (κ1) is 8.24. The van der Waals surface area contributed by atoms with Crippen LogP contribution in [0.5, 0.6) is 0 Å². The molecule has 0 aromatic heterocycles. The number of ether oxygens (including phenoxy) is 1. The molecule has 8 nitrogen and oxygen atoms in total. The molecule has 1 rings (SSSR count). The molecule has 12 heavy (non-hydrogen) atoms. The first-order valence-electron chi connectivity index (χ1n) is 3.02. The fourth-order valence-corrected chi connectivity index (χ4v) is 0.710. The monoisotopic (exact) mass is 174 g/mol. The van der Waals surface area contributed by atoms with Gasteiger partial charge in [-0.25, -0.2) is 10.1 Å². The number of nitrogens with zero attached hydrogens (tertiary/aromatic N) is 3. The van der Waals surface area contributed by atoms with Crippen LogP contribution in [0.3, 0.4) is 0 Å². The molecule has 1 aliphatic rings. The molecule has 0 atom stereocenters. The summed E-state index contributed by atoms with van der Waals surface area (Å²) >= 11 is 0. The summed E-state index contributed by atoms with van der Waals surface area (Å²) in [5.41, 5.74) is 2.39. The van der Waals surface area contributed by atoms with E-state index in [1.807, 2.05) is 0 Å². The van der Waals surface area contributed by atoms with E-state index in [1.165, 1.54) is 0 Å². The molecule has 0 aliphatic carbocycles. The van der Waals surface area contributed by atoms with E-state index < -0.39 is 5.03 Å². The molecule has 1 N–H and O–H groups in total. The standard InChI is InChI=1S/C4H6N4O4/c9-3-12-1-4-6-5-2-7(4)8(10)11/h3,5H,1-2H2. The number of nitrogens with one attached hydrogen (secondary N) is 1. The van der Waals surface area contributed by atoms with Gasteiger partial charge in [-0.3, -0.25) is 10.2 Å². The normalized spacial score (nSPS) is 15.0. The van der Waals surface area contributed by atoms with E-state index in [1.54, 1.807) is 0 Å². The Morgan fingerprint density at radius 2 is 2.67 bits per heavy atom. The zero-order valence-electron chi connectivity index (χ0n) is 5.97. The van der Waals surface area contributed by atoms with Gasteiger partial charge >= 0.3 is 0 Å². The van der Waals surface area contributed by atoms with Gasteiger partial charge in [0.25, 0.3) is 6.47 Å². The van der Waals surface area contributed by atoms with Crippen molar-refractivity contribution in [2.45, 2.75) is 0 Å². The Hall–Kier alpha value is -1.86. The van der Waals surface area contributed by atoms with Crippen LogP contribution in [0.4, 0.5) is 0 Å². The summed E-state index contributed by atoms with van der Waals surface area (Å²) in [7, 11) is 0. The van der Waals surface area contributed by atoms with Crippen molar-refractivity contribution in [1.29, 1.82) is 0 Å². The predicted molar refractivity (Wildman–Crippen MR) is 36.3 cm³/mol. The molecule has 0 unspecified atom stereocenters. The first-order chi connectivity index (χ1) is 5.75. The largest absolute Gasteiger partial charge is 0.459 e. The Balaban J connectivity index is 2.50. The van der Waals surface area contributed by atoms with Crippen LogP contribution in [0.25, 0.3) is 0 Å². The van der Waals surface area contributed by atoms with Crippen LogP contribution in [-0.4, -0.2) is 35.6 Å². The second-order valence-corrected chi connectivity index (χ2v) is 1.89. The topological polar surface area (TPSA) is 97.1 Å². The molecule has 0 spiro atoms. The lowest BCUT2D eigenvalue weighted by Crippen LogP contribution is -2.36. The third-order valence-corrected chi connectivity index (χ3v) is 1.20. The minimum Gasteiger partial charge on any atom is -0.459 e. The van der Waals surface area contributed by atoms with Crippen LogP contribution < -0.4 is 5.43 Å². The van der Waals surface area contributed by atoms with E-state index in [2.05, 4.69) is 15.3 Å². The maximum Gasteiger partial charge on any atom is 0.293 e. The molecule has 0 saturated carbocycles. The molecular weight excluding hydrogens is 168 g/mol. The zero-order valence-corrected chi connectivity index (χ0v) is 5.97. The number of hydrogen-bond acceptors (Lipinski definition) is 6. The van der Waals surface area contributed by atoms with Crippen LogP contribution in [0.15, 0.2) is 5.10 Å². The van der Waals surface area contributed by atoms with Crippen molar-refractivity contribution < 1.29 is 14.6 Å². The second-order valence-electron chi connectivity index (χ2n) is 1.89. The summed E-state index contributed by atoms with van der Waals surface area (Å²) in [4.78, 5) is 20.0. The summed E-state index contributed by atoms with van der Waals surface area (Å²) in [6, 6.07) is 0. The van der Waals surface area contributed by atoms with E-state index in [9.17, 15) is 14.9 Å². The summed E-state index contributed by atoms with van der Waals surface area (Å²) < 4.78 is 4.30. The molecule has 8 heteroatoms. The molecule has 0 fully saturated rings. The number of nitro groups is 1. The van der Waals surface area contributed by atoms with Gasteiger partial charge in [-0.1, -0.05) is 5.01 Å². The van der Waals surface area contributed by atoms with Gasteiger partial charge in [0.1, 0.15) is 0 Å². The summed E-state index contributed by atoms with van der Waals surface area (Å²) in [6.07, 6.45) is 0. The Bertz CT molecular complexity index is 227. The number of rotatable bonds is 4. The highest BCUT2D eigenvalue weighted by atomic mass is 16.7. The molecule has 1 aliphatic heterocycles. The fraction of sp³-hybridized carbons (Fsp3) is 0.500. The lowest BCUT2D eigenvalue weighted by atomic mass is 10.6. The van der Waals surface area contributed by atoms with E-state index >= 15 is 0 Å². The first-order valence-corrected chi connectivity index (χ1v) is 3.02. The lowest BCUT2D eigenvalue weighted by Gasteiger charge is -2.05. The highest BCUT2D eigenvalue weighted by molar-refractivity contribution is 5.83. The smallest absolute Gasteiger partial charge is 0.293 e. The van der Waals surface area contributed by atoms with Crippen LogP contribution in [0.2, 0.25) is 0 Å². The Kier molecular flexibility index (Phi) is 2.41. The number of amidine groups is 1. The van der Waals surface area contributed by atoms with Gasteiger partial charge in [0.15, 0.2) is 18.3 Å². The van der Waals surface area contributed by atoms with E-state index in [0.29, 0.717) is 0 Å². The summed E-state index contributed by atoms with van der Waals surface area (Å²) in [5.74, 6) is 0.0760. The number of carbonyl (C=O) groups excluding carboxylic acids is 1. The molecule has 1 heterocycles. The van der Waals surface area contributed by atoms with Crippen molar-refractivity contribution in [1.82, 2.24) is 10.4 Å². The van der Waals surface area contributed by atoms with Gasteiger partial charge < -0.3 is 4.74 Å². The van der Waals surface area contributed by atoms with Gasteiger partial charge in [0.05, 0.1) is 0 Å². The average molecular weight is 174 g/mol. The molecular formula is C4H6N4O4. The third kappa shape index (κ3) is 1.59. The maximum atomic E-state index is 10.2. The fourth-order valence-electron chi connectivity index (χ4n) is 0.710. The summed E-state index contributed by atoms with van der Waals surface area (Å²) in [5, 5.41) is 13.9. The number of hydrazine groups is 1. The van der Waals surface area contributed by atoms with Gasteiger partial charge in [-0.2, -0.15) is 5.10 Å². The van der Waals surface area contributed by atoms with E-state index in [4.69, 9.17) is 0 Å². The van der Waals surface area contributed by atoms with Crippen molar-refractivity contribution in [2.75, 3.05) is 13.3 Å². The van der Waals surface area contributed by atoms with Crippen molar-refractivity contribution in [2.24, 2.45) is 5.10 Å². The van der Waals surface area contributed by atoms with Gasteiger partial charge in [-0.15, -0.1) is 0 Å². The van der Waals surface area contributed by atoms with Crippen molar-refractivity contribution in [3.8, 4) is 0 Å². The van der Waals surface area contributed by atoms with Crippen LogP contribution in [0, 0.1) is 10.1 Å². The second kappa shape index (κ2) is 3.51. The van der Waals surface area contributed by atoms with Gasteiger partial charge in [0.2, 0.25) is 5.84 Å². The van der Waals surface area contributed by atoms with Crippen LogP contribution in [-0.2, 0) is 9.53 Å². The Labute approximate surface area is 66.9 Å². The highest BCUT2D eigenvalue weighted by Crippen LogP contribution is 1.97. The molecule has 0 aromatic carbocycles. The van der Waals surface area contributed by atoms with Crippen molar-refractivity contribution in [3.05, 3.63) is 10.1 Å². The van der Waals surface area contributed by atoms with E-state index in [0.717, 1.165) is 5.01 Å².